The van der Waals surface area contributed by atoms with E-state index in [-0.39, 0.29) is 0 Å². The molecule has 0 spiro atoms. The summed E-state index contributed by atoms with van der Waals surface area (Å²) in [6.45, 7) is 0. The van der Waals surface area contributed by atoms with Crippen molar-refractivity contribution in [3.63, 3.8) is 0 Å². The molecular formula is C44H30N2. The van der Waals surface area contributed by atoms with Gasteiger partial charge in [-0.25, -0.2) is 0 Å². The van der Waals surface area contributed by atoms with E-state index in [0.29, 0.717) is 0 Å². The van der Waals surface area contributed by atoms with Gasteiger partial charge in [-0.15, -0.1) is 0 Å². The molecule has 0 radical (unpaired) electrons. The van der Waals surface area contributed by atoms with Gasteiger partial charge in [-0.3, -0.25) is 0 Å². The first-order chi connectivity index (χ1) is 22.8. The lowest BCUT2D eigenvalue weighted by Crippen LogP contribution is -2.10. The summed E-state index contributed by atoms with van der Waals surface area (Å²) in [7, 11) is 0. The van der Waals surface area contributed by atoms with Crippen LogP contribution in [-0.2, 0) is 0 Å². The zero-order valence-electron chi connectivity index (χ0n) is 25.2. The third-order valence-electron chi connectivity index (χ3n) is 8.45. The van der Waals surface area contributed by atoms with Crippen LogP contribution in [0.3, 0.4) is 0 Å². The monoisotopic (exact) mass is 586 g/mol. The Kier molecular flexibility index (Phi) is 7.11. The Bertz CT molecular complexity index is 2070. The molecule has 0 amide bonds. The van der Waals surface area contributed by atoms with Crippen LogP contribution in [0.2, 0.25) is 0 Å². The normalized spacial score (nSPS) is 10.9. The second-order valence-electron chi connectivity index (χ2n) is 11.3. The van der Waals surface area contributed by atoms with Gasteiger partial charge < -0.3 is 9.80 Å². The van der Waals surface area contributed by atoms with Crippen LogP contribution < -0.4 is 9.80 Å². The first-order valence-electron chi connectivity index (χ1n) is 15.5. The van der Waals surface area contributed by atoms with Crippen molar-refractivity contribution in [3.8, 4) is 11.1 Å². The zero-order chi connectivity index (χ0) is 30.7. The second-order valence-corrected chi connectivity index (χ2v) is 11.3. The van der Waals surface area contributed by atoms with E-state index in [1.54, 1.807) is 0 Å². The molecule has 2 heteroatoms. The lowest BCUT2D eigenvalue weighted by atomic mass is 10.0. The van der Waals surface area contributed by atoms with Crippen LogP contribution in [-0.4, -0.2) is 0 Å². The summed E-state index contributed by atoms with van der Waals surface area (Å²) < 4.78 is 0. The van der Waals surface area contributed by atoms with E-state index in [0.717, 1.165) is 45.3 Å². The van der Waals surface area contributed by atoms with Gasteiger partial charge in [0.05, 0.1) is 17.1 Å². The molecule has 8 rings (SSSR count). The van der Waals surface area contributed by atoms with Crippen LogP contribution in [0.15, 0.2) is 182 Å². The van der Waals surface area contributed by atoms with Crippen molar-refractivity contribution in [3.05, 3.63) is 194 Å². The SMILES string of the molecule is c1c(-c2ccc(N(c3ccccc3)c3cccc4ccccc34)cc2)ccc(N(c2ccccc2)c2cccc3ccccc23)c#1. The molecule has 46 heavy (non-hydrogen) atoms. The van der Waals surface area contributed by atoms with Gasteiger partial charge in [0, 0.05) is 33.4 Å². The molecule has 0 heterocycles. The van der Waals surface area contributed by atoms with Crippen molar-refractivity contribution in [1.29, 1.82) is 0 Å². The van der Waals surface area contributed by atoms with E-state index >= 15 is 0 Å². The third-order valence-corrected chi connectivity index (χ3v) is 8.45. The molecule has 0 aromatic heterocycles. The van der Waals surface area contributed by atoms with Crippen LogP contribution in [0.4, 0.5) is 34.1 Å². The summed E-state index contributed by atoms with van der Waals surface area (Å²) in [5.41, 5.74) is 8.58. The predicted octanol–water partition coefficient (Wildman–Crippen LogP) is 12.2. The highest BCUT2D eigenvalue weighted by atomic mass is 15.1. The number of rotatable bonds is 7. The molecule has 216 valence electrons. The van der Waals surface area contributed by atoms with Gasteiger partial charge in [-0.05, 0) is 83.1 Å². The summed E-state index contributed by atoms with van der Waals surface area (Å²) in [6.07, 6.45) is 0. The maximum Gasteiger partial charge on any atom is 0.0974 e. The molecule has 0 N–H and O–H groups in total. The van der Waals surface area contributed by atoms with Gasteiger partial charge in [-0.1, -0.05) is 127 Å². The predicted molar refractivity (Wildman–Crippen MR) is 194 cm³/mol. The van der Waals surface area contributed by atoms with Crippen LogP contribution in [0.5, 0.6) is 0 Å². The van der Waals surface area contributed by atoms with Crippen molar-refractivity contribution < 1.29 is 0 Å². The summed E-state index contributed by atoms with van der Waals surface area (Å²) >= 11 is 0. The Morgan fingerprint density at radius 3 is 1.37 bits per heavy atom. The molecule has 0 aliphatic carbocycles. The average molecular weight is 587 g/mol. The van der Waals surface area contributed by atoms with E-state index in [2.05, 4.69) is 198 Å². The van der Waals surface area contributed by atoms with E-state index in [9.17, 15) is 0 Å². The van der Waals surface area contributed by atoms with Crippen molar-refractivity contribution in [1.82, 2.24) is 0 Å². The summed E-state index contributed by atoms with van der Waals surface area (Å²) in [6, 6.07) is 71.0. The number of anilines is 6. The Labute approximate surface area is 270 Å². The van der Waals surface area contributed by atoms with Crippen molar-refractivity contribution in [2.45, 2.75) is 0 Å². The quantitative estimate of drug-likeness (QED) is 0.183. The number of hydrogen-bond acceptors (Lipinski definition) is 2. The molecule has 8 aromatic carbocycles. The smallest absolute Gasteiger partial charge is 0.0974 e. The fourth-order valence-electron chi connectivity index (χ4n) is 6.26. The summed E-state index contributed by atoms with van der Waals surface area (Å²) in [5, 5.41) is 4.83. The molecule has 0 saturated carbocycles. The molecule has 0 bridgehead atoms. The van der Waals surface area contributed by atoms with Crippen molar-refractivity contribution in [2.75, 3.05) is 9.80 Å². The van der Waals surface area contributed by atoms with Crippen LogP contribution >= 0.6 is 0 Å². The lowest BCUT2D eigenvalue weighted by molar-refractivity contribution is 1.29. The highest BCUT2D eigenvalue weighted by Crippen LogP contribution is 2.40. The van der Waals surface area contributed by atoms with E-state index in [4.69, 9.17) is 0 Å². The Morgan fingerprint density at radius 2 is 0.804 bits per heavy atom. The van der Waals surface area contributed by atoms with Crippen molar-refractivity contribution in [2.24, 2.45) is 0 Å². The Balaban J connectivity index is 1.16. The fraction of sp³-hybridized carbons (Fsp3) is 0. The summed E-state index contributed by atoms with van der Waals surface area (Å²) in [4.78, 5) is 4.58. The lowest BCUT2D eigenvalue weighted by Gasteiger charge is -2.27. The van der Waals surface area contributed by atoms with Gasteiger partial charge in [0.1, 0.15) is 0 Å². The highest BCUT2D eigenvalue weighted by Gasteiger charge is 2.17. The molecule has 0 aliphatic heterocycles. The molecule has 0 saturated heterocycles. The molecule has 8 aromatic rings. The molecule has 0 aliphatic rings. The molecule has 0 fully saturated rings. The van der Waals surface area contributed by atoms with E-state index < -0.39 is 0 Å². The van der Waals surface area contributed by atoms with E-state index in [1.165, 1.54) is 21.5 Å². The first kappa shape index (κ1) is 27.3. The minimum Gasteiger partial charge on any atom is -0.310 e. The van der Waals surface area contributed by atoms with Gasteiger partial charge in [0.25, 0.3) is 0 Å². The van der Waals surface area contributed by atoms with Gasteiger partial charge >= 0.3 is 0 Å². The van der Waals surface area contributed by atoms with Gasteiger partial charge in [0.15, 0.2) is 0 Å². The standard InChI is InChI=1S/C44H30N2/c1-3-17-37(18-4-1)45(43-23-11-15-35-13-7-9-21-41(35)43)39-29-25-33(26-30-39)34-27-31-40(32-28-34)46(38-19-5-2-6-20-38)44-24-12-16-36-14-8-10-22-42(36)44/h1-27,29-31H. The number of para-hydroxylation sites is 2. The maximum atomic E-state index is 3.50. The number of fused-ring (bicyclic) bond motifs is 2. The molecular weight excluding hydrogens is 556 g/mol. The zero-order valence-corrected chi connectivity index (χ0v) is 25.2. The minimum atomic E-state index is 0.939. The Hall–Kier alpha value is -6.30. The van der Waals surface area contributed by atoms with Crippen LogP contribution in [0, 0.1) is 12.1 Å². The van der Waals surface area contributed by atoms with Crippen LogP contribution in [0.25, 0.3) is 32.7 Å². The molecule has 0 unspecified atom stereocenters. The average Bonchev–Trinajstić information content (AvgIpc) is 3.14. The second kappa shape index (κ2) is 12.0. The topological polar surface area (TPSA) is 6.48 Å². The minimum absolute atomic E-state index is 0.939. The number of hydrogen-bond donors (Lipinski definition) is 0. The molecule has 2 nitrogen and oxygen atoms in total. The summed E-state index contributed by atoms with van der Waals surface area (Å²) in [5.74, 6) is 0. The third kappa shape index (κ3) is 5.11. The van der Waals surface area contributed by atoms with Gasteiger partial charge in [-0.2, -0.15) is 0 Å². The first-order valence-corrected chi connectivity index (χ1v) is 15.5. The maximum absolute atomic E-state index is 3.50. The molecule has 0 atom stereocenters. The number of nitrogens with zero attached hydrogens (tertiary/aromatic N) is 2. The largest absolute Gasteiger partial charge is 0.310 e. The Morgan fingerprint density at radius 1 is 0.326 bits per heavy atom. The fourth-order valence-corrected chi connectivity index (χ4v) is 6.26. The van der Waals surface area contributed by atoms with Crippen molar-refractivity contribution >= 4 is 55.7 Å². The van der Waals surface area contributed by atoms with Gasteiger partial charge in [0.2, 0.25) is 0 Å². The number of benzene rings is 7. The highest BCUT2D eigenvalue weighted by molar-refractivity contribution is 6.00. The van der Waals surface area contributed by atoms with Crippen LogP contribution in [0.1, 0.15) is 0 Å². The van der Waals surface area contributed by atoms with E-state index in [1.807, 2.05) is 6.07 Å².